The van der Waals surface area contributed by atoms with Crippen molar-refractivity contribution in [2.75, 3.05) is 11.5 Å². The van der Waals surface area contributed by atoms with E-state index in [1.54, 1.807) is 6.07 Å². The van der Waals surface area contributed by atoms with Crippen LogP contribution >= 0.6 is 27.7 Å². The van der Waals surface area contributed by atoms with Gasteiger partial charge in [-0.25, -0.2) is 4.79 Å². The smallest absolute Gasteiger partial charge is 0.321 e. The highest BCUT2D eigenvalue weighted by molar-refractivity contribution is 9.10. The van der Waals surface area contributed by atoms with Crippen LogP contribution in [0.1, 0.15) is 20.8 Å². The van der Waals surface area contributed by atoms with E-state index in [9.17, 15) is 9.59 Å². The van der Waals surface area contributed by atoms with Gasteiger partial charge in [0, 0.05) is 20.6 Å². The zero-order valence-corrected chi connectivity index (χ0v) is 14.0. The minimum atomic E-state index is -0.494. The molecule has 1 aromatic rings. The third kappa shape index (κ3) is 6.29. The Morgan fingerprint density at radius 1 is 1.35 bits per heavy atom. The van der Waals surface area contributed by atoms with E-state index in [0.717, 1.165) is 9.37 Å². The van der Waals surface area contributed by atoms with Gasteiger partial charge in [-0.1, -0.05) is 15.9 Å². The summed E-state index contributed by atoms with van der Waals surface area (Å²) in [6.07, 6.45) is 0. The average Bonchev–Trinajstić information content (AvgIpc) is 2.24. The van der Waals surface area contributed by atoms with Gasteiger partial charge in [0.25, 0.3) is 0 Å². The van der Waals surface area contributed by atoms with Crippen molar-refractivity contribution in [2.45, 2.75) is 31.2 Å². The van der Waals surface area contributed by atoms with Crippen molar-refractivity contribution in [1.29, 1.82) is 0 Å². The fraction of sp³-hybridized carbons (Fsp3) is 0.385. The predicted octanol–water partition coefficient (Wildman–Crippen LogP) is 2.75. The number of nitrogens with one attached hydrogen (secondary N) is 2. The number of imide groups is 1. The fourth-order valence-electron chi connectivity index (χ4n) is 1.33. The largest absolute Gasteiger partial charge is 0.398 e. The number of rotatable bonds is 3. The van der Waals surface area contributed by atoms with Crippen molar-refractivity contribution in [2.24, 2.45) is 0 Å². The Balaban J connectivity index is 2.46. The molecular formula is C13H18BrN3O2S. The molecule has 0 aromatic heterocycles. The highest BCUT2D eigenvalue weighted by Gasteiger charge is 2.15. The Morgan fingerprint density at radius 2 is 2.00 bits per heavy atom. The molecule has 5 nitrogen and oxygen atoms in total. The monoisotopic (exact) mass is 359 g/mol. The maximum Gasteiger partial charge on any atom is 0.321 e. The number of carbonyl (C=O) groups is 2. The van der Waals surface area contributed by atoms with Crippen LogP contribution in [0.25, 0.3) is 0 Å². The molecule has 0 saturated heterocycles. The van der Waals surface area contributed by atoms with Crippen LogP contribution in [0.15, 0.2) is 27.6 Å². The Labute approximate surface area is 131 Å². The highest BCUT2D eigenvalue weighted by atomic mass is 79.9. The van der Waals surface area contributed by atoms with Crippen LogP contribution in [0.3, 0.4) is 0 Å². The Morgan fingerprint density at radius 3 is 2.55 bits per heavy atom. The summed E-state index contributed by atoms with van der Waals surface area (Å²) in [7, 11) is 0. The highest BCUT2D eigenvalue weighted by Crippen LogP contribution is 2.27. The molecule has 1 aromatic carbocycles. The third-order valence-corrected chi connectivity index (χ3v) is 3.65. The van der Waals surface area contributed by atoms with Gasteiger partial charge in [-0.2, -0.15) is 0 Å². The molecule has 0 aliphatic heterocycles. The summed E-state index contributed by atoms with van der Waals surface area (Å²) in [5.74, 6) is -0.234. The molecule has 0 heterocycles. The number of hydrogen-bond donors (Lipinski definition) is 3. The number of anilines is 1. The van der Waals surface area contributed by atoms with Crippen LogP contribution in [0.2, 0.25) is 0 Å². The van der Waals surface area contributed by atoms with Gasteiger partial charge in [-0.15, -0.1) is 11.8 Å². The third-order valence-electron chi connectivity index (χ3n) is 2.07. The first-order chi connectivity index (χ1) is 9.17. The quantitative estimate of drug-likeness (QED) is 0.572. The van der Waals surface area contributed by atoms with Gasteiger partial charge in [-0.3, -0.25) is 10.1 Å². The molecular weight excluding hydrogens is 342 g/mol. The second-order valence-corrected chi connectivity index (χ2v) is 7.16. The summed E-state index contributed by atoms with van der Waals surface area (Å²) < 4.78 is 0.883. The van der Waals surface area contributed by atoms with Crippen LogP contribution in [0.5, 0.6) is 0 Å². The topological polar surface area (TPSA) is 84.2 Å². The summed E-state index contributed by atoms with van der Waals surface area (Å²) >= 11 is 4.60. The van der Waals surface area contributed by atoms with E-state index in [0.29, 0.717) is 5.69 Å². The fourth-order valence-corrected chi connectivity index (χ4v) is 2.46. The van der Waals surface area contributed by atoms with E-state index >= 15 is 0 Å². The number of thioether (sulfide) groups is 1. The van der Waals surface area contributed by atoms with Crippen molar-refractivity contribution < 1.29 is 9.59 Å². The van der Waals surface area contributed by atoms with E-state index in [2.05, 4.69) is 26.6 Å². The molecule has 1 rings (SSSR count). The zero-order valence-electron chi connectivity index (χ0n) is 11.6. The van der Waals surface area contributed by atoms with Crippen LogP contribution in [-0.4, -0.2) is 23.2 Å². The van der Waals surface area contributed by atoms with Gasteiger partial charge in [0.2, 0.25) is 5.91 Å². The van der Waals surface area contributed by atoms with Gasteiger partial charge in [-0.05, 0) is 39.0 Å². The van der Waals surface area contributed by atoms with Gasteiger partial charge in [0.05, 0.1) is 5.75 Å². The van der Waals surface area contributed by atoms with Crippen molar-refractivity contribution in [1.82, 2.24) is 10.6 Å². The Hall–Kier alpha value is -1.21. The molecule has 3 amide bonds. The Kier molecular flexibility index (Phi) is 5.88. The average molecular weight is 360 g/mol. The molecule has 4 N–H and O–H groups in total. The summed E-state index contributed by atoms with van der Waals surface area (Å²) in [5, 5.41) is 4.93. The van der Waals surface area contributed by atoms with E-state index in [1.807, 2.05) is 32.9 Å². The minimum Gasteiger partial charge on any atom is -0.398 e. The summed E-state index contributed by atoms with van der Waals surface area (Å²) in [6, 6.07) is 4.95. The molecule has 0 bridgehead atoms. The lowest BCUT2D eigenvalue weighted by atomic mass is 10.1. The molecule has 0 radical (unpaired) electrons. The molecule has 0 spiro atoms. The van der Waals surface area contributed by atoms with Crippen LogP contribution in [-0.2, 0) is 4.79 Å². The minimum absolute atomic E-state index is 0.128. The van der Waals surface area contributed by atoms with Crippen LogP contribution < -0.4 is 16.4 Å². The molecule has 0 unspecified atom stereocenters. The Bertz CT molecular complexity index is 515. The summed E-state index contributed by atoms with van der Waals surface area (Å²) in [4.78, 5) is 24.0. The molecule has 0 saturated carbocycles. The molecule has 0 aliphatic rings. The van der Waals surface area contributed by atoms with E-state index < -0.39 is 6.03 Å². The van der Waals surface area contributed by atoms with E-state index in [1.165, 1.54) is 11.8 Å². The van der Waals surface area contributed by atoms with Gasteiger partial charge >= 0.3 is 6.03 Å². The number of nitrogen functional groups attached to an aromatic ring is 1. The van der Waals surface area contributed by atoms with E-state index in [-0.39, 0.29) is 17.2 Å². The second kappa shape index (κ2) is 6.99. The number of urea groups is 1. The summed E-state index contributed by atoms with van der Waals surface area (Å²) in [6.45, 7) is 5.52. The van der Waals surface area contributed by atoms with Gasteiger partial charge in [0.15, 0.2) is 0 Å². The lowest BCUT2D eigenvalue weighted by molar-refractivity contribution is -0.117. The maximum absolute atomic E-state index is 11.6. The normalized spacial score (nSPS) is 11.0. The first kappa shape index (κ1) is 16.8. The lowest BCUT2D eigenvalue weighted by Crippen LogP contribution is -2.48. The molecule has 110 valence electrons. The molecule has 0 fully saturated rings. The van der Waals surface area contributed by atoms with Crippen molar-refractivity contribution in [3.05, 3.63) is 22.7 Å². The number of nitrogens with two attached hydrogens (primary N) is 1. The number of halogens is 1. The standard InChI is InChI=1S/C13H18BrN3O2S/c1-13(2,3)17-12(19)16-11(18)7-20-10-5-4-8(14)6-9(10)15/h4-6H,7,15H2,1-3H3,(H2,16,17,18,19). The summed E-state index contributed by atoms with van der Waals surface area (Å²) in [5.41, 5.74) is 6.04. The first-order valence-corrected chi connectivity index (χ1v) is 7.75. The number of benzene rings is 1. The van der Waals surface area contributed by atoms with Crippen molar-refractivity contribution in [3.63, 3.8) is 0 Å². The maximum atomic E-state index is 11.6. The number of amides is 3. The molecule has 0 aliphatic carbocycles. The van der Waals surface area contributed by atoms with Crippen LogP contribution in [0.4, 0.5) is 10.5 Å². The molecule has 20 heavy (non-hydrogen) atoms. The lowest BCUT2D eigenvalue weighted by Gasteiger charge is -2.20. The number of hydrogen-bond acceptors (Lipinski definition) is 4. The van der Waals surface area contributed by atoms with Crippen molar-refractivity contribution in [3.8, 4) is 0 Å². The second-order valence-electron chi connectivity index (χ2n) is 5.22. The number of carbonyl (C=O) groups excluding carboxylic acids is 2. The van der Waals surface area contributed by atoms with Gasteiger partial charge in [0.1, 0.15) is 0 Å². The molecule has 0 atom stereocenters. The van der Waals surface area contributed by atoms with E-state index in [4.69, 9.17) is 5.73 Å². The SMILES string of the molecule is CC(C)(C)NC(=O)NC(=O)CSc1ccc(Br)cc1N. The van der Waals surface area contributed by atoms with Gasteiger partial charge < -0.3 is 11.1 Å². The van der Waals surface area contributed by atoms with Crippen LogP contribution in [0, 0.1) is 0 Å². The molecule has 7 heteroatoms. The predicted molar refractivity (Wildman–Crippen MR) is 85.7 cm³/mol. The first-order valence-electron chi connectivity index (χ1n) is 5.97. The zero-order chi connectivity index (χ0) is 15.3. The van der Waals surface area contributed by atoms with Crippen molar-refractivity contribution >= 4 is 45.3 Å².